The van der Waals surface area contributed by atoms with Crippen molar-refractivity contribution in [2.24, 2.45) is 0 Å². The van der Waals surface area contributed by atoms with E-state index in [0.29, 0.717) is 0 Å². The first kappa shape index (κ1) is 11.0. The number of sulfone groups is 1. The first-order valence-corrected chi connectivity index (χ1v) is 5.09. The predicted molar refractivity (Wildman–Crippen MR) is 39.9 cm³/mol. The molecule has 1 rings (SSSR count). The molecular weight excluding hydrogens is 223 g/mol. The number of rotatable bonds is 2. The minimum atomic E-state index is -5.25. The molecule has 0 N–H and O–H groups in total. The van der Waals surface area contributed by atoms with E-state index in [0.717, 1.165) is 6.07 Å². The molecule has 1 heterocycles. The predicted octanol–water partition coefficient (Wildman–Crippen LogP) is 1.42. The molecule has 0 aromatic carbocycles. The highest BCUT2D eigenvalue weighted by Gasteiger charge is 2.45. The van der Waals surface area contributed by atoms with Gasteiger partial charge in [-0.3, -0.25) is 0 Å². The van der Waals surface area contributed by atoms with Crippen molar-refractivity contribution >= 4 is 9.84 Å². The average Bonchev–Trinajstić information content (AvgIpc) is 2.31. The van der Waals surface area contributed by atoms with Crippen LogP contribution in [0.25, 0.3) is 0 Å². The van der Waals surface area contributed by atoms with Crippen molar-refractivity contribution in [3.63, 3.8) is 0 Å². The average molecular weight is 229 g/mol. The van der Waals surface area contributed by atoms with Crippen LogP contribution in [0.4, 0.5) is 13.2 Å². The van der Waals surface area contributed by atoms with E-state index >= 15 is 0 Å². The molecule has 80 valence electrons. The van der Waals surface area contributed by atoms with Gasteiger partial charge in [0, 0.05) is 6.07 Å². The fourth-order valence-electron chi connectivity index (χ4n) is 0.762. The normalized spacial score (nSPS) is 13.1. The highest BCUT2D eigenvalue weighted by Crippen LogP contribution is 2.26. The van der Waals surface area contributed by atoms with Crippen LogP contribution in [0.3, 0.4) is 0 Å². The van der Waals surface area contributed by atoms with Gasteiger partial charge in [0.15, 0.2) is 0 Å². The van der Waals surface area contributed by atoms with Crippen LogP contribution >= 0.6 is 0 Å². The molecule has 0 saturated carbocycles. The second-order valence-corrected chi connectivity index (χ2v) is 4.61. The summed E-state index contributed by atoms with van der Waals surface area (Å²) < 4.78 is 61.3. The third-order valence-electron chi connectivity index (χ3n) is 1.37. The molecule has 0 spiro atoms. The summed E-state index contributed by atoms with van der Waals surface area (Å²) in [5.74, 6) is -0.925. The third-order valence-corrected chi connectivity index (χ3v) is 2.75. The van der Waals surface area contributed by atoms with Crippen LogP contribution in [0, 0.1) is 6.92 Å². The largest absolute Gasteiger partial charge is 0.497 e. The van der Waals surface area contributed by atoms with Crippen molar-refractivity contribution < 1.29 is 26.1 Å². The molecule has 8 heteroatoms. The maximum absolute atomic E-state index is 11.9. The fraction of sp³-hybridized carbons (Fsp3) is 0.500. The van der Waals surface area contributed by atoms with Gasteiger partial charge in [0.25, 0.3) is 9.84 Å². The molecule has 1 aromatic rings. The van der Waals surface area contributed by atoms with Gasteiger partial charge in [-0.15, -0.1) is 0 Å². The maximum Gasteiger partial charge on any atom is 0.497 e. The van der Waals surface area contributed by atoms with Crippen molar-refractivity contribution in [3.05, 3.63) is 17.5 Å². The van der Waals surface area contributed by atoms with E-state index < -0.39 is 21.1 Å². The standard InChI is InChI=1S/C6H6F3NO3S/c1-4-2-5(10-13-4)3-14(11,12)6(7,8)9/h2H,3H2,1H3. The van der Waals surface area contributed by atoms with Crippen LogP contribution in [-0.2, 0) is 15.6 Å². The number of hydrogen-bond donors (Lipinski definition) is 0. The molecule has 0 aliphatic rings. The van der Waals surface area contributed by atoms with Crippen LogP contribution in [0.1, 0.15) is 11.5 Å². The Morgan fingerprint density at radius 3 is 2.43 bits per heavy atom. The van der Waals surface area contributed by atoms with E-state index in [1.165, 1.54) is 6.92 Å². The third kappa shape index (κ3) is 2.25. The van der Waals surface area contributed by atoms with Gasteiger partial charge in [-0.1, -0.05) is 5.16 Å². The van der Waals surface area contributed by atoms with Gasteiger partial charge < -0.3 is 4.52 Å². The molecule has 0 radical (unpaired) electrons. The molecule has 4 nitrogen and oxygen atoms in total. The monoisotopic (exact) mass is 229 g/mol. The van der Waals surface area contributed by atoms with Crippen LogP contribution in [0.2, 0.25) is 0 Å². The van der Waals surface area contributed by atoms with E-state index in [4.69, 9.17) is 0 Å². The number of alkyl halides is 3. The van der Waals surface area contributed by atoms with Crippen molar-refractivity contribution in [1.82, 2.24) is 5.16 Å². The number of aromatic nitrogens is 1. The van der Waals surface area contributed by atoms with Crippen LogP contribution in [0.15, 0.2) is 10.6 Å². The first-order valence-electron chi connectivity index (χ1n) is 3.43. The Bertz CT molecular complexity index is 420. The summed E-state index contributed by atoms with van der Waals surface area (Å²) in [6.07, 6.45) is 0. The van der Waals surface area contributed by atoms with Gasteiger partial charge >= 0.3 is 5.51 Å². The molecule has 0 unspecified atom stereocenters. The van der Waals surface area contributed by atoms with Gasteiger partial charge in [0.2, 0.25) is 0 Å². The summed E-state index contributed by atoms with van der Waals surface area (Å²) in [6.45, 7) is 1.46. The van der Waals surface area contributed by atoms with Gasteiger partial charge in [0.05, 0.1) is 5.69 Å². The molecule has 0 aliphatic carbocycles. The second-order valence-electron chi connectivity index (χ2n) is 2.63. The van der Waals surface area contributed by atoms with E-state index in [2.05, 4.69) is 9.68 Å². The Labute approximate surface area is 77.6 Å². The Hall–Kier alpha value is -1.05. The van der Waals surface area contributed by atoms with E-state index in [1.807, 2.05) is 0 Å². The van der Waals surface area contributed by atoms with Crippen molar-refractivity contribution in [2.75, 3.05) is 0 Å². The van der Waals surface area contributed by atoms with Crippen LogP contribution in [-0.4, -0.2) is 19.1 Å². The Balaban J connectivity index is 2.90. The molecule has 0 saturated heterocycles. The number of halogens is 3. The zero-order chi connectivity index (χ0) is 11.0. The lowest BCUT2D eigenvalue weighted by Gasteiger charge is -2.04. The van der Waals surface area contributed by atoms with Crippen molar-refractivity contribution in [1.29, 1.82) is 0 Å². The highest BCUT2D eigenvalue weighted by atomic mass is 32.2. The lowest BCUT2D eigenvalue weighted by atomic mass is 10.4. The maximum atomic E-state index is 11.9. The first-order chi connectivity index (χ1) is 6.22. The van der Waals surface area contributed by atoms with E-state index in [9.17, 15) is 21.6 Å². The number of nitrogens with zero attached hydrogens (tertiary/aromatic N) is 1. The van der Waals surface area contributed by atoms with Gasteiger partial charge in [-0.25, -0.2) is 8.42 Å². The Kier molecular flexibility index (Phi) is 2.57. The summed E-state index contributed by atoms with van der Waals surface area (Å²) in [7, 11) is -5.16. The number of hydrogen-bond acceptors (Lipinski definition) is 4. The van der Waals surface area contributed by atoms with Gasteiger partial charge in [0.1, 0.15) is 11.5 Å². The smallest absolute Gasteiger partial charge is 0.361 e. The number of aryl methyl sites for hydroxylation is 1. The highest BCUT2D eigenvalue weighted by molar-refractivity contribution is 7.91. The molecule has 0 aliphatic heterocycles. The molecule has 0 fully saturated rings. The van der Waals surface area contributed by atoms with Crippen molar-refractivity contribution in [3.8, 4) is 0 Å². The van der Waals surface area contributed by atoms with E-state index in [1.54, 1.807) is 0 Å². The van der Waals surface area contributed by atoms with Gasteiger partial charge in [-0.05, 0) is 6.92 Å². The molecule has 1 aromatic heterocycles. The van der Waals surface area contributed by atoms with Gasteiger partial charge in [-0.2, -0.15) is 13.2 Å². The zero-order valence-electron chi connectivity index (χ0n) is 7.00. The topological polar surface area (TPSA) is 60.2 Å². The molecule has 0 amide bonds. The Morgan fingerprint density at radius 2 is 2.07 bits per heavy atom. The van der Waals surface area contributed by atoms with Crippen LogP contribution in [0.5, 0.6) is 0 Å². The zero-order valence-corrected chi connectivity index (χ0v) is 7.82. The lowest BCUT2D eigenvalue weighted by Crippen LogP contribution is -2.24. The molecular formula is C6H6F3NO3S. The molecule has 0 atom stereocenters. The van der Waals surface area contributed by atoms with Crippen molar-refractivity contribution in [2.45, 2.75) is 18.2 Å². The molecule has 14 heavy (non-hydrogen) atoms. The fourth-order valence-corrected chi connectivity index (χ4v) is 1.45. The summed E-state index contributed by atoms with van der Waals surface area (Å²) in [6, 6.07) is 1.14. The summed E-state index contributed by atoms with van der Waals surface area (Å²) >= 11 is 0. The molecule has 0 bridgehead atoms. The Morgan fingerprint density at radius 1 is 1.50 bits per heavy atom. The minimum absolute atomic E-state index is 0.250. The lowest BCUT2D eigenvalue weighted by molar-refractivity contribution is -0.0438. The second kappa shape index (κ2) is 3.26. The summed E-state index contributed by atoms with van der Waals surface area (Å²) in [5.41, 5.74) is -5.50. The summed E-state index contributed by atoms with van der Waals surface area (Å²) in [5, 5.41) is 3.16. The van der Waals surface area contributed by atoms with E-state index in [-0.39, 0.29) is 11.5 Å². The quantitative estimate of drug-likeness (QED) is 0.769. The van der Waals surface area contributed by atoms with Crippen LogP contribution < -0.4 is 0 Å². The minimum Gasteiger partial charge on any atom is -0.361 e. The SMILES string of the molecule is Cc1cc(CS(=O)(=O)C(F)(F)F)no1. The summed E-state index contributed by atoms with van der Waals surface area (Å²) in [4.78, 5) is 0.